The molecule has 5 nitrogen and oxygen atoms in total. The average Bonchev–Trinajstić information content (AvgIpc) is 2.89. The standard InChI is InChI=1S/C13H16FN3O2/c14-4-1-6-19-7-5-15-13(18)10-2-3-11-12(8-10)17-9-16-11/h2-3,8-9H,1,4-7H2,(H,15,18)(H,16,17). The number of carbonyl (C=O) groups is 1. The SMILES string of the molecule is O=C(NCCOCCCF)c1ccc2nc[nH]c2c1. The fourth-order valence-electron chi connectivity index (χ4n) is 1.67. The molecule has 0 aliphatic carbocycles. The van der Waals surface area contributed by atoms with E-state index < -0.39 is 0 Å². The summed E-state index contributed by atoms with van der Waals surface area (Å²) in [4.78, 5) is 18.9. The number of carbonyl (C=O) groups excluding carboxylic acids is 1. The second kappa shape index (κ2) is 6.84. The Labute approximate surface area is 110 Å². The van der Waals surface area contributed by atoms with Crippen LogP contribution in [0.5, 0.6) is 0 Å². The number of hydrogen-bond donors (Lipinski definition) is 2. The molecule has 1 heterocycles. The predicted molar refractivity (Wildman–Crippen MR) is 69.8 cm³/mol. The smallest absolute Gasteiger partial charge is 0.251 e. The van der Waals surface area contributed by atoms with E-state index in [0.29, 0.717) is 31.7 Å². The van der Waals surface area contributed by atoms with Crippen LogP contribution in [-0.4, -0.2) is 42.3 Å². The van der Waals surface area contributed by atoms with Gasteiger partial charge in [-0.3, -0.25) is 9.18 Å². The first-order valence-electron chi connectivity index (χ1n) is 6.16. The van der Waals surface area contributed by atoms with Gasteiger partial charge in [-0.05, 0) is 24.6 Å². The van der Waals surface area contributed by atoms with Crippen LogP contribution in [0.15, 0.2) is 24.5 Å². The van der Waals surface area contributed by atoms with Crippen LogP contribution in [0.4, 0.5) is 4.39 Å². The van der Waals surface area contributed by atoms with Gasteiger partial charge in [-0.1, -0.05) is 0 Å². The molecule has 0 bridgehead atoms. The molecule has 0 saturated carbocycles. The summed E-state index contributed by atoms with van der Waals surface area (Å²) >= 11 is 0. The lowest BCUT2D eigenvalue weighted by Gasteiger charge is -2.06. The molecule has 2 N–H and O–H groups in total. The van der Waals surface area contributed by atoms with Gasteiger partial charge in [-0.2, -0.15) is 0 Å². The summed E-state index contributed by atoms with van der Waals surface area (Å²) in [6.45, 7) is 0.799. The van der Waals surface area contributed by atoms with E-state index >= 15 is 0 Å². The van der Waals surface area contributed by atoms with Crippen molar-refractivity contribution in [3.63, 3.8) is 0 Å². The highest BCUT2D eigenvalue weighted by Gasteiger charge is 2.06. The molecule has 19 heavy (non-hydrogen) atoms. The highest BCUT2D eigenvalue weighted by molar-refractivity contribution is 5.97. The number of halogens is 1. The maximum Gasteiger partial charge on any atom is 0.251 e. The average molecular weight is 265 g/mol. The van der Waals surface area contributed by atoms with Crippen LogP contribution >= 0.6 is 0 Å². The lowest BCUT2D eigenvalue weighted by Crippen LogP contribution is -2.27. The van der Waals surface area contributed by atoms with Crippen molar-refractivity contribution in [1.82, 2.24) is 15.3 Å². The summed E-state index contributed by atoms with van der Waals surface area (Å²) < 4.78 is 16.9. The third-order valence-corrected chi connectivity index (χ3v) is 2.64. The number of H-pyrrole nitrogens is 1. The van der Waals surface area contributed by atoms with E-state index in [0.717, 1.165) is 11.0 Å². The number of imidazole rings is 1. The molecule has 0 aliphatic heterocycles. The number of aromatic amines is 1. The van der Waals surface area contributed by atoms with E-state index in [1.165, 1.54) is 0 Å². The topological polar surface area (TPSA) is 67.0 Å². The van der Waals surface area contributed by atoms with Crippen molar-refractivity contribution in [3.8, 4) is 0 Å². The van der Waals surface area contributed by atoms with Gasteiger partial charge >= 0.3 is 0 Å². The minimum absolute atomic E-state index is 0.161. The third-order valence-electron chi connectivity index (χ3n) is 2.64. The zero-order valence-corrected chi connectivity index (χ0v) is 10.5. The van der Waals surface area contributed by atoms with Gasteiger partial charge in [0.15, 0.2) is 0 Å². The summed E-state index contributed by atoms with van der Waals surface area (Å²) in [5.41, 5.74) is 2.22. The fourth-order valence-corrected chi connectivity index (χ4v) is 1.67. The van der Waals surface area contributed by atoms with Gasteiger partial charge < -0.3 is 15.0 Å². The van der Waals surface area contributed by atoms with Crippen molar-refractivity contribution >= 4 is 16.9 Å². The second-order valence-electron chi connectivity index (χ2n) is 4.05. The number of hydrogen-bond acceptors (Lipinski definition) is 3. The summed E-state index contributed by atoms with van der Waals surface area (Å²) in [5, 5.41) is 2.74. The Morgan fingerprint density at radius 3 is 3.16 bits per heavy atom. The number of alkyl halides is 1. The molecule has 102 valence electrons. The Kier molecular flexibility index (Phi) is 4.85. The van der Waals surface area contributed by atoms with Crippen molar-refractivity contribution in [1.29, 1.82) is 0 Å². The van der Waals surface area contributed by atoms with E-state index in [1.807, 2.05) is 0 Å². The van der Waals surface area contributed by atoms with Gasteiger partial charge in [0.1, 0.15) is 0 Å². The van der Waals surface area contributed by atoms with Crippen molar-refractivity contribution in [2.75, 3.05) is 26.4 Å². The lowest BCUT2D eigenvalue weighted by atomic mass is 10.2. The molecule has 0 unspecified atom stereocenters. The van der Waals surface area contributed by atoms with Crippen molar-refractivity contribution in [2.24, 2.45) is 0 Å². The molecule has 2 rings (SSSR count). The zero-order valence-electron chi connectivity index (χ0n) is 10.5. The second-order valence-corrected chi connectivity index (χ2v) is 4.05. The molecule has 0 fully saturated rings. The molecule has 0 aliphatic rings. The maximum atomic E-state index is 11.8. The lowest BCUT2D eigenvalue weighted by molar-refractivity contribution is 0.0909. The van der Waals surface area contributed by atoms with Crippen LogP contribution in [0.2, 0.25) is 0 Å². The maximum absolute atomic E-state index is 11.8. The van der Waals surface area contributed by atoms with Crippen molar-refractivity contribution in [3.05, 3.63) is 30.1 Å². The van der Waals surface area contributed by atoms with Gasteiger partial charge in [0, 0.05) is 18.7 Å². The van der Waals surface area contributed by atoms with Gasteiger partial charge in [-0.15, -0.1) is 0 Å². The highest BCUT2D eigenvalue weighted by Crippen LogP contribution is 2.11. The zero-order chi connectivity index (χ0) is 13.5. The Balaban J connectivity index is 1.79. The molecule has 0 saturated heterocycles. The molecule has 6 heteroatoms. The number of fused-ring (bicyclic) bond motifs is 1. The summed E-state index contributed by atoms with van der Waals surface area (Å²) in [7, 11) is 0. The number of amides is 1. The molecule has 1 amide bonds. The molecule has 0 spiro atoms. The van der Waals surface area contributed by atoms with Crippen LogP contribution in [0.1, 0.15) is 16.8 Å². The largest absolute Gasteiger partial charge is 0.380 e. The van der Waals surface area contributed by atoms with Gasteiger partial charge in [0.2, 0.25) is 0 Å². The van der Waals surface area contributed by atoms with Crippen molar-refractivity contribution in [2.45, 2.75) is 6.42 Å². The number of rotatable bonds is 7. The Bertz CT molecular complexity index is 541. The Hall–Kier alpha value is -1.95. The quantitative estimate of drug-likeness (QED) is 0.748. The van der Waals surface area contributed by atoms with E-state index in [2.05, 4.69) is 15.3 Å². The summed E-state index contributed by atoms with van der Waals surface area (Å²) in [6, 6.07) is 5.27. The molecule has 1 aromatic carbocycles. The van der Waals surface area contributed by atoms with Gasteiger partial charge in [0.05, 0.1) is 30.6 Å². The van der Waals surface area contributed by atoms with Crippen LogP contribution in [-0.2, 0) is 4.74 Å². The minimum Gasteiger partial charge on any atom is -0.380 e. The van der Waals surface area contributed by atoms with Crippen LogP contribution in [0.3, 0.4) is 0 Å². The molecule has 0 atom stereocenters. The molecular weight excluding hydrogens is 249 g/mol. The number of benzene rings is 1. The molecular formula is C13H16FN3O2. The summed E-state index contributed by atoms with van der Waals surface area (Å²) in [6.07, 6.45) is 1.98. The molecule has 1 aromatic heterocycles. The van der Waals surface area contributed by atoms with Gasteiger partial charge in [0.25, 0.3) is 5.91 Å². The molecule has 2 aromatic rings. The predicted octanol–water partition coefficient (Wildman–Crippen LogP) is 1.67. The highest BCUT2D eigenvalue weighted by atomic mass is 19.1. The third kappa shape index (κ3) is 3.75. The van der Waals surface area contributed by atoms with E-state index in [9.17, 15) is 9.18 Å². The minimum atomic E-state index is -0.378. The number of aromatic nitrogens is 2. The van der Waals surface area contributed by atoms with E-state index in [4.69, 9.17) is 4.74 Å². The van der Waals surface area contributed by atoms with E-state index in [-0.39, 0.29) is 12.6 Å². The Morgan fingerprint density at radius 2 is 2.32 bits per heavy atom. The monoisotopic (exact) mass is 265 g/mol. The van der Waals surface area contributed by atoms with Crippen LogP contribution in [0, 0.1) is 0 Å². The summed E-state index contributed by atoms with van der Waals surface area (Å²) in [5.74, 6) is -0.161. The fraction of sp³-hybridized carbons (Fsp3) is 0.385. The van der Waals surface area contributed by atoms with E-state index in [1.54, 1.807) is 24.5 Å². The molecule has 0 radical (unpaired) electrons. The number of nitrogens with zero attached hydrogens (tertiary/aromatic N) is 1. The van der Waals surface area contributed by atoms with Crippen LogP contribution in [0.25, 0.3) is 11.0 Å². The first kappa shape index (κ1) is 13.5. The first-order valence-corrected chi connectivity index (χ1v) is 6.16. The number of nitrogens with one attached hydrogen (secondary N) is 2. The van der Waals surface area contributed by atoms with Crippen LogP contribution < -0.4 is 5.32 Å². The number of ether oxygens (including phenoxy) is 1. The first-order chi connectivity index (χ1) is 9.31. The normalized spacial score (nSPS) is 10.8. The van der Waals surface area contributed by atoms with Crippen molar-refractivity contribution < 1.29 is 13.9 Å². The van der Waals surface area contributed by atoms with Gasteiger partial charge in [-0.25, -0.2) is 4.98 Å². The Morgan fingerprint density at radius 1 is 1.42 bits per heavy atom.